The molecule has 0 aliphatic heterocycles. The number of rotatable bonds is 4. The lowest BCUT2D eigenvalue weighted by Gasteiger charge is -2.11. The Bertz CT molecular complexity index is 706. The standard InChI is InChI=1S/C15H12BrFN2OS/c16-10-4-5-12(15(18)21)13(8-10)19-14(20)7-9-2-1-3-11(17)6-9/h1-6,8H,7H2,(H2,18,21)(H,19,20). The van der Waals surface area contributed by atoms with Crippen LogP contribution >= 0.6 is 28.1 Å². The molecule has 0 atom stereocenters. The first-order chi connectivity index (χ1) is 9.95. The Hall–Kier alpha value is -1.79. The quantitative estimate of drug-likeness (QED) is 0.815. The highest BCUT2D eigenvalue weighted by Gasteiger charge is 2.10. The van der Waals surface area contributed by atoms with E-state index in [1.807, 2.05) is 0 Å². The van der Waals surface area contributed by atoms with Crippen molar-refractivity contribution in [3.8, 4) is 0 Å². The number of anilines is 1. The molecule has 0 spiro atoms. The van der Waals surface area contributed by atoms with Gasteiger partial charge in [-0.05, 0) is 35.9 Å². The number of nitrogens with two attached hydrogens (primary N) is 1. The molecule has 0 heterocycles. The van der Waals surface area contributed by atoms with E-state index in [-0.39, 0.29) is 23.1 Å². The van der Waals surface area contributed by atoms with Crippen molar-refractivity contribution >= 4 is 44.7 Å². The van der Waals surface area contributed by atoms with Crippen molar-refractivity contribution in [1.29, 1.82) is 0 Å². The Morgan fingerprint density at radius 2 is 2.05 bits per heavy atom. The number of carbonyl (C=O) groups is 1. The molecule has 0 unspecified atom stereocenters. The van der Waals surface area contributed by atoms with Gasteiger partial charge in [0.15, 0.2) is 0 Å². The van der Waals surface area contributed by atoms with E-state index in [0.717, 1.165) is 4.47 Å². The third-order valence-corrected chi connectivity index (χ3v) is 3.49. The van der Waals surface area contributed by atoms with Crippen LogP contribution in [0.3, 0.4) is 0 Å². The summed E-state index contributed by atoms with van der Waals surface area (Å²) in [5.41, 5.74) is 7.33. The van der Waals surface area contributed by atoms with Crippen molar-refractivity contribution in [2.24, 2.45) is 5.73 Å². The second-order valence-electron chi connectivity index (χ2n) is 4.41. The highest BCUT2D eigenvalue weighted by molar-refractivity contribution is 9.10. The van der Waals surface area contributed by atoms with Crippen molar-refractivity contribution in [3.63, 3.8) is 0 Å². The highest BCUT2D eigenvalue weighted by atomic mass is 79.9. The Labute approximate surface area is 135 Å². The maximum atomic E-state index is 13.1. The van der Waals surface area contributed by atoms with Crippen LogP contribution in [0.15, 0.2) is 46.9 Å². The van der Waals surface area contributed by atoms with E-state index in [9.17, 15) is 9.18 Å². The minimum absolute atomic E-state index is 0.0705. The van der Waals surface area contributed by atoms with E-state index in [1.54, 1.807) is 30.3 Å². The third-order valence-electron chi connectivity index (χ3n) is 2.77. The molecule has 6 heteroatoms. The van der Waals surface area contributed by atoms with Crippen LogP contribution in [-0.4, -0.2) is 10.9 Å². The Morgan fingerprint density at radius 1 is 1.29 bits per heavy atom. The van der Waals surface area contributed by atoms with Crippen LogP contribution in [0.5, 0.6) is 0 Å². The number of amides is 1. The number of hydrogen-bond acceptors (Lipinski definition) is 2. The number of thiocarbonyl (C=S) groups is 1. The first kappa shape index (κ1) is 15.6. The van der Waals surface area contributed by atoms with Gasteiger partial charge in [-0.15, -0.1) is 0 Å². The van der Waals surface area contributed by atoms with E-state index in [0.29, 0.717) is 16.8 Å². The molecule has 0 aromatic heterocycles. The fraction of sp³-hybridized carbons (Fsp3) is 0.0667. The molecule has 1 amide bonds. The average molecular weight is 367 g/mol. The van der Waals surface area contributed by atoms with E-state index in [4.69, 9.17) is 18.0 Å². The van der Waals surface area contributed by atoms with Gasteiger partial charge in [0.2, 0.25) is 5.91 Å². The van der Waals surface area contributed by atoms with Crippen molar-refractivity contribution < 1.29 is 9.18 Å². The minimum Gasteiger partial charge on any atom is -0.389 e. The molecule has 0 bridgehead atoms. The fourth-order valence-electron chi connectivity index (χ4n) is 1.86. The molecule has 2 aromatic carbocycles. The zero-order valence-corrected chi connectivity index (χ0v) is 13.3. The van der Waals surface area contributed by atoms with Gasteiger partial charge >= 0.3 is 0 Å². The average Bonchev–Trinajstić information content (AvgIpc) is 2.38. The number of halogens is 2. The molecule has 0 aliphatic carbocycles. The zero-order valence-electron chi connectivity index (χ0n) is 10.9. The summed E-state index contributed by atoms with van der Waals surface area (Å²) in [5, 5.41) is 2.74. The first-order valence-electron chi connectivity index (χ1n) is 6.09. The van der Waals surface area contributed by atoms with Gasteiger partial charge in [-0.1, -0.05) is 40.3 Å². The van der Waals surface area contributed by atoms with Crippen LogP contribution in [0, 0.1) is 5.82 Å². The number of carbonyl (C=O) groups excluding carboxylic acids is 1. The highest BCUT2D eigenvalue weighted by Crippen LogP contribution is 2.22. The summed E-state index contributed by atoms with van der Waals surface area (Å²) in [5.74, 6) is -0.636. The molecule has 0 radical (unpaired) electrons. The molecule has 0 aliphatic rings. The Morgan fingerprint density at radius 3 is 2.71 bits per heavy atom. The van der Waals surface area contributed by atoms with Gasteiger partial charge < -0.3 is 11.1 Å². The van der Waals surface area contributed by atoms with E-state index >= 15 is 0 Å². The number of nitrogens with one attached hydrogen (secondary N) is 1. The second kappa shape index (κ2) is 6.78. The second-order valence-corrected chi connectivity index (χ2v) is 5.76. The lowest BCUT2D eigenvalue weighted by atomic mass is 10.1. The van der Waals surface area contributed by atoms with Crippen molar-refractivity contribution in [2.45, 2.75) is 6.42 Å². The van der Waals surface area contributed by atoms with Crippen molar-refractivity contribution in [3.05, 3.63) is 63.9 Å². The molecule has 3 N–H and O–H groups in total. The van der Waals surface area contributed by atoms with E-state index < -0.39 is 0 Å². The van der Waals surface area contributed by atoms with Gasteiger partial charge in [0.25, 0.3) is 0 Å². The van der Waals surface area contributed by atoms with E-state index in [1.165, 1.54) is 12.1 Å². The molecular formula is C15H12BrFN2OS. The topological polar surface area (TPSA) is 55.1 Å². The first-order valence-corrected chi connectivity index (χ1v) is 7.29. The van der Waals surface area contributed by atoms with Crippen LogP contribution in [0.1, 0.15) is 11.1 Å². The molecule has 2 aromatic rings. The van der Waals surface area contributed by atoms with Crippen molar-refractivity contribution in [2.75, 3.05) is 5.32 Å². The maximum Gasteiger partial charge on any atom is 0.228 e. The van der Waals surface area contributed by atoms with Crippen LogP contribution in [0.4, 0.5) is 10.1 Å². The van der Waals surface area contributed by atoms with Gasteiger partial charge in [-0.25, -0.2) is 4.39 Å². The lowest BCUT2D eigenvalue weighted by Crippen LogP contribution is -2.19. The number of benzene rings is 2. The molecule has 2 rings (SSSR count). The van der Waals surface area contributed by atoms with Gasteiger partial charge in [0.05, 0.1) is 12.1 Å². The summed E-state index contributed by atoms with van der Waals surface area (Å²) in [6.45, 7) is 0. The summed E-state index contributed by atoms with van der Waals surface area (Å²) < 4.78 is 13.9. The molecule has 0 fully saturated rings. The summed E-state index contributed by atoms with van der Waals surface area (Å²) >= 11 is 8.28. The number of hydrogen-bond donors (Lipinski definition) is 2. The zero-order chi connectivity index (χ0) is 15.4. The SMILES string of the molecule is NC(=S)c1ccc(Br)cc1NC(=O)Cc1cccc(F)c1. The summed E-state index contributed by atoms with van der Waals surface area (Å²) in [6.07, 6.45) is 0.0705. The maximum absolute atomic E-state index is 13.1. The van der Waals surface area contributed by atoms with E-state index in [2.05, 4.69) is 21.2 Å². The smallest absolute Gasteiger partial charge is 0.228 e. The normalized spacial score (nSPS) is 10.2. The summed E-state index contributed by atoms with van der Waals surface area (Å²) in [7, 11) is 0. The minimum atomic E-state index is -0.369. The summed E-state index contributed by atoms with van der Waals surface area (Å²) in [6, 6.07) is 11.2. The lowest BCUT2D eigenvalue weighted by molar-refractivity contribution is -0.115. The molecule has 21 heavy (non-hydrogen) atoms. The van der Waals surface area contributed by atoms with Crippen LogP contribution < -0.4 is 11.1 Å². The Balaban J connectivity index is 2.16. The van der Waals surface area contributed by atoms with Crippen molar-refractivity contribution in [1.82, 2.24) is 0 Å². The van der Waals surface area contributed by atoms with Crippen LogP contribution in [0.2, 0.25) is 0 Å². The van der Waals surface area contributed by atoms with Crippen LogP contribution in [0.25, 0.3) is 0 Å². The van der Waals surface area contributed by atoms with Gasteiger partial charge in [-0.2, -0.15) is 0 Å². The Kier molecular flexibility index (Phi) is 5.03. The molecule has 0 saturated carbocycles. The molecule has 3 nitrogen and oxygen atoms in total. The third kappa shape index (κ3) is 4.34. The molecule has 0 saturated heterocycles. The largest absolute Gasteiger partial charge is 0.389 e. The molecular weight excluding hydrogens is 355 g/mol. The predicted octanol–water partition coefficient (Wildman–Crippen LogP) is 3.40. The summed E-state index contributed by atoms with van der Waals surface area (Å²) in [4.78, 5) is 12.2. The van der Waals surface area contributed by atoms with Gasteiger partial charge in [0, 0.05) is 10.0 Å². The molecule has 108 valence electrons. The predicted molar refractivity (Wildman–Crippen MR) is 88.8 cm³/mol. The van der Waals surface area contributed by atoms with Crippen LogP contribution in [-0.2, 0) is 11.2 Å². The van der Waals surface area contributed by atoms with Gasteiger partial charge in [0.1, 0.15) is 10.8 Å². The fourth-order valence-corrected chi connectivity index (χ4v) is 2.40. The monoisotopic (exact) mass is 366 g/mol. The van der Waals surface area contributed by atoms with Gasteiger partial charge in [-0.3, -0.25) is 4.79 Å².